The molecule has 1 saturated heterocycles. The van der Waals surface area contributed by atoms with Gasteiger partial charge in [-0.2, -0.15) is 17.4 Å². The van der Waals surface area contributed by atoms with Gasteiger partial charge in [-0.05, 0) is 53.1 Å². The molecule has 0 aromatic heterocycles. The Morgan fingerprint density at radius 1 is 1.19 bits per heavy atom. The molecule has 1 atom stereocenters. The fourth-order valence-corrected chi connectivity index (χ4v) is 4.40. The molecular formula is C14H32N4O2S. The van der Waals surface area contributed by atoms with Crippen LogP contribution in [0.3, 0.4) is 0 Å². The average Bonchev–Trinajstić information content (AvgIpc) is 2.59. The molecule has 21 heavy (non-hydrogen) atoms. The van der Waals surface area contributed by atoms with Crippen LogP contribution in [0.5, 0.6) is 0 Å². The predicted octanol–water partition coefficient (Wildman–Crippen LogP) is 0.754. The Morgan fingerprint density at radius 2 is 1.86 bits per heavy atom. The number of hydrogen-bond donors (Lipinski definition) is 2. The number of hydrogen-bond acceptors (Lipinski definition) is 4. The number of nitrogens with two attached hydrogens (primary N) is 1. The molecule has 1 heterocycles. The minimum atomic E-state index is -3.40. The molecule has 0 aromatic rings. The molecule has 0 radical (unpaired) electrons. The molecule has 3 N–H and O–H groups in total. The Kier molecular flexibility index (Phi) is 7.06. The average molecular weight is 321 g/mol. The summed E-state index contributed by atoms with van der Waals surface area (Å²) < 4.78 is 29.1. The molecule has 0 amide bonds. The smallest absolute Gasteiger partial charge is 0.279 e. The zero-order valence-electron chi connectivity index (χ0n) is 13.9. The van der Waals surface area contributed by atoms with Crippen LogP contribution in [0.1, 0.15) is 47.0 Å². The van der Waals surface area contributed by atoms with E-state index < -0.39 is 15.7 Å². The summed E-state index contributed by atoms with van der Waals surface area (Å²) in [7, 11) is -3.40. The first-order chi connectivity index (χ1) is 9.69. The molecule has 1 rings (SSSR count). The highest BCUT2D eigenvalue weighted by molar-refractivity contribution is 7.87. The first-order valence-corrected chi connectivity index (χ1v) is 9.37. The van der Waals surface area contributed by atoms with E-state index >= 15 is 0 Å². The minimum absolute atomic E-state index is 0.448. The Morgan fingerprint density at radius 3 is 2.38 bits per heavy atom. The third-order valence-corrected chi connectivity index (χ3v) is 5.67. The van der Waals surface area contributed by atoms with Crippen molar-refractivity contribution >= 4 is 10.2 Å². The van der Waals surface area contributed by atoms with Crippen LogP contribution in [0.15, 0.2) is 0 Å². The molecule has 1 aliphatic heterocycles. The van der Waals surface area contributed by atoms with Gasteiger partial charge in [0.25, 0.3) is 10.2 Å². The van der Waals surface area contributed by atoms with Crippen molar-refractivity contribution in [2.45, 2.75) is 58.5 Å². The van der Waals surface area contributed by atoms with Gasteiger partial charge in [-0.1, -0.05) is 6.92 Å². The lowest BCUT2D eigenvalue weighted by atomic mass is 10.1. The lowest BCUT2D eigenvalue weighted by Gasteiger charge is -2.30. The van der Waals surface area contributed by atoms with E-state index in [4.69, 9.17) is 5.73 Å². The van der Waals surface area contributed by atoms with Gasteiger partial charge >= 0.3 is 0 Å². The Balaban J connectivity index is 2.67. The fraction of sp³-hybridized carbons (Fsp3) is 1.00. The van der Waals surface area contributed by atoms with Crippen LogP contribution in [0.4, 0.5) is 0 Å². The van der Waals surface area contributed by atoms with Gasteiger partial charge in [-0.3, -0.25) is 4.90 Å². The summed E-state index contributed by atoms with van der Waals surface area (Å²) in [5.74, 6) is 0. The van der Waals surface area contributed by atoms with Crippen molar-refractivity contribution in [3.63, 3.8) is 0 Å². The van der Waals surface area contributed by atoms with Crippen LogP contribution in [-0.4, -0.2) is 61.9 Å². The predicted molar refractivity (Wildman–Crippen MR) is 87.3 cm³/mol. The molecule has 0 bridgehead atoms. The van der Waals surface area contributed by atoms with Crippen molar-refractivity contribution in [2.24, 2.45) is 5.73 Å². The van der Waals surface area contributed by atoms with Crippen molar-refractivity contribution < 1.29 is 8.42 Å². The molecule has 0 spiro atoms. The lowest BCUT2D eigenvalue weighted by Crippen LogP contribution is -2.50. The van der Waals surface area contributed by atoms with Crippen molar-refractivity contribution in [2.75, 3.05) is 32.7 Å². The van der Waals surface area contributed by atoms with Crippen LogP contribution < -0.4 is 10.5 Å². The van der Waals surface area contributed by atoms with Crippen molar-refractivity contribution in [1.29, 1.82) is 0 Å². The van der Waals surface area contributed by atoms with E-state index in [-0.39, 0.29) is 0 Å². The molecule has 0 saturated carbocycles. The normalized spacial score (nSPS) is 21.2. The molecule has 1 fully saturated rings. The maximum Gasteiger partial charge on any atom is 0.279 e. The van der Waals surface area contributed by atoms with E-state index in [2.05, 4.69) is 16.5 Å². The largest absolute Gasteiger partial charge is 0.330 e. The molecule has 1 aliphatic rings. The molecule has 0 aromatic carbocycles. The highest BCUT2D eigenvalue weighted by Crippen LogP contribution is 2.15. The van der Waals surface area contributed by atoms with Crippen LogP contribution in [-0.2, 0) is 10.2 Å². The second kappa shape index (κ2) is 7.87. The molecule has 0 aliphatic carbocycles. The molecule has 6 nitrogen and oxygen atoms in total. The summed E-state index contributed by atoms with van der Waals surface area (Å²) in [5.41, 5.74) is 5.23. The standard InChI is InChI=1S/C14H32N4O2S/c1-5-13(7-8-15)17-9-6-10-18(12-11-17)21(19,20)16-14(2,3)4/h13,16H,5-12,15H2,1-4H3. The minimum Gasteiger partial charge on any atom is -0.330 e. The zero-order chi connectivity index (χ0) is 16.1. The van der Waals surface area contributed by atoms with Gasteiger partial charge in [-0.15, -0.1) is 0 Å². The van der Waals surface area contributed by atoms with Crippen molar-refractivity contribution in [1.82, 2.24) is 13.9 Å². The summed E-state index contributed by atoms with van der Waals surface area (Å²) >= 11 is 0. The van der Waals surface area contributed by atoms with E-state index in [1.165, 1.54) is 0 Å². The number of nitrogens with one attached hydrogen (secondary N) is 1. The highest BCUT2D eigenvalue weighted by Gasteiger charge is 2.29. The van der Waals surface area contributed by atoms with Crippen molar-refractivity contribution in [3.8, 4) is 0 Å². The fourth-order valence-electron chi connectivity index (χ4n) is 2.81. The van der Waals surface area contributed by atoms with Crippen LogP contribution in [0.2, 0.25) is 0 Å². The molecular weight excluding hydrogens is 288 g/mol. The number of nitrogens with zero attached hydrogens (tertiary/aromatic N) is 2. The Bertz CT molecular complexity index is 406. The molecule has 7 heteroatoms. The summed E-state index contributed by atoms with van der Waals surface area (Å²) in [6, 6.07) is 0.466. The van der Waals surface area contributed by atoms with Gasteiger partial charge in [-0.25, -0.2) is 0 Å². The van der Waals surface area contributed by atoms with E-state index in [0.29, 0.717) is 25.7 Å². The van der Waals surface area contributed by atoms with Crippen molar-refractivity contribution in [3.05, 3.63) is 0 Å². The third kappa shape index (κ3) is 6.20. The van der Waals surface area contributed by atoms with E-state index in [1.54, 1.807) is 4.31 Å². The maximum atomic E-state index is 12.4. The quantitative estimate of drug-likeness (QED) is 0.757. The first-order valence-electron chi connectivity index (χ1n) is 7.92. The maximum absolute atomic E-state index is 12.4. The summed E-state index contributed by atoms with van der Waals surface area (Å²) in [6.07, 6.45) is 2.90. The zero-order valence-corrected chi connectivity index (χ0v) is 14.7. The van der Waals surface area contributed by atoms with Gasteiger partial charge in [0.2, 0.25) is 0 Å². The van der Waals surface area contributed by atoms with E-state index in [9.17, 15) is 8.42 Å². The second-order valence-electron chi connectivity index (χ2n) is 6.79. The van der Waals surface area contributed by atoms with E-state index in [1.807, 2.05) is 20.8 Å². The van der Waals surface area contributed by atoms with Crippen LogP contribution in [0, 0.1) is 0 Å². The third-order valence-electron chi connectivity index (χ3n) is 3.75. The van der Waals surface area contributed by atoms with Gasteiger partial charge in [0.1, 0.15) is 0 Å². The highest BCUT2D eigenvalue weighted by atomic mass is 32.2. The lowest BCUT2D eigenvalue weighted by molar-refractivity contribution is 0.192. The van der Waals surface area contributed by atoms with Gasteiger partial charge in [0.15, 0.2) is 0 Å². The number of rotatable bonds is 6. The Hall–Kier alpha value is -0.210. The second-order valence-corrected chi connectivity index (χ2v) is 8.46. The summed E-state index contributed by atoms with van der Waals surface area (Å²) in [6.45, 7) is 11.3. The monoisotopic (exact) mass is 320 g/mol. The van der Waals surface area contributed by atoms with Crippen LogP contribution in [0.25, 0.3) is 0 Å². The molecule has 126 valence electrons. The summed E-state index contributed by atoms with van der Waals surface area (Å²) in [4.78, 5) is 2.39. The topological polar surface area (TPSA) is 78.7 Å². The van der Waals surface area contributed by atoms with Crippen LogP contribution >= 0.6 is 0 Å². The van der Waals surface area contributed by atoms with Gasteiger partial charge < -0.3 is 5.73 Å². The summed E-state index contributed by atoms with van der Waals surface area (Å²) in [5, 5.41) is 0. The Labute approximate surface area is 130 Å². The molecule has 1 unspecified atom stereocenters. The van der Waals surface area contributed by atoms with Gasteiger partial charge in [0, 0.05) is 31.2 Å². The van der Waals surface area contributed by atoms with E-state index in [0.717, 1.165) is 32.4 Å². The first kappa shape index (κ1) is 18.8. The SMILES string of the molecule is CCC(CCN)N1CCCN(S(=O)(=O)NC(C)(C)C)CC1. The van der Waals surface area contributed by atoms with Gasteiger partial charge in [0.05, 0.1) is 0 Å².